The number of fused-ring (bicyclic) bond motifs is 3. The van der Waals surface area contributed by atoms with Gasteiger partial charge in [0.05, 0.1) is 11.3 Å². The Hall–Kier alpha value is -2.92. The maximum absolute atomic E-state index is 12.8. The van der Waals surface area contributed by atoms with Gasteiger partial charge in [-0.15, -0.1) is 0 Å². The van der Waals surface area contributed by atoms with Crippen LogP contribution in [-0.2, 0) is 6.54 Å². The molecule has 1 aliphatic rings. The molecule has 0 bridgehead atoms. The van der Waals surface area contributed by atoms with Crippen molar-refractivity contribution in [1.29, 1.82) is 0 Å². The van der Waals surface area contributed by atoms with Crippen molar-refractivity contribution in [1.82, 2.24) is 9.55 Å². The van der Waals surface area contributed by atoms with Crippen LogP contribution in [0.4, 0.5) is 0 Å². The van der Waals surface area contributed by atoms with E-state index >= 15 is 0 Å². The van der Waals surface area contributed by atoms with Crippen LogP contribution in [0.25, 0.3) is 5.69 Å². The van der Waals surface area contributed by atoms with E-state index in [1.165, 1.54) is 6.07 Å². The summed E-state index contributed by atoms with van der Waals surface area (Å²) in [6.45, 7) is -0.0212. The molecule has 5 nitrogen and oxygen atoms in total. The summed E-state index contributed by atoms with van der Waals surface area (Å²) in [6.07, 6.45) is 1.64. The van der Waals surface area contributed by atoms with Crippen LogP contribution in [0.1, 0.15) is 17.0 Å². The molecule has 0 saturated carbocycles. The molecule has 1 aliphatic heterocycles. The molecule has 2 aromatic carbocycles. The van der Waals surface area contributed by atoms with Crippen molar-refractivity contribution in [3.63, 3.8) is 0 Å². The first-order valence-corrected chi connectivity index (χ1v) is 7.77. The smallest absolute Gasteiger partial charge is 0.273 e. The molecule has 0 radical (unpaired) electrons. The van der Waals surface area contributed by atoms with Crippen molar-refractivity contribution in [3.05, 3.63) is 98.3 Å². The minimum absolute atomic E-state index is 0.0212. The fourth-order valence-electron chi connectivity index (χ4n) is 2.92. The number of hydrogen-bond acceptors (Lipinski definition) is 3. The minimum atomic E-state index is -0.367. The van der Waals surface area contributed by atoms with Gasteiger partial charge in [-0.05, 0) is 30.3 Å². The Morgan fingerprint density at radius 3 is 2.71 bits per heavy atom. The second kappa shape index (κ2) is 5.62. The molecule has 4 rings (SSSR count). The van der Waals surface area contributed by atoms with E-state index in [9.17, 15) is 10.0 Å². The van der Waals surface area contributed by atoms with Crippen molar-refractivity contribution < 1.29 is 4.74 Å². The third-order valence-corrected chi connectivity index (χ3v) is 4.17. The third-order valence-electron chi connectivity index (χ3n) is 3.94. The van der Waals surface area contributed by atoms with Crippen molar-refractivity contribution in [2.45, 2.75) is 6.54 Å². The molecule has 0 amide bonds. The standard InChI is InChI=1S/C18H12ClN3O2/c19-13-6-7-15-14(10-13)18(12-4-2-1-3-5-12)22(24)11-16-20-17(23)8-9-21(15)16/h1-10H,11H2. The molecule has 2 heterocycles. The predicted molar refractivity (Wildman–Crippen MR) is 91.8 cm³/mol. The van der Waals surface area contributed by atoms with Crippen molar-refractivity contribution in [3.8, 4) is 5.69 Å². The Morgan fingerprint density at radius 1 is 1.12 bits per heavy atom. The fraction of sp³-hybridized carbons (Fsp3) is 0.0556. The van der Waals surface area contributed by atoms with Gasteiger partial charge in [0.2, 0.25) is 12.3 Å². The SMILES string of the molecule is O=c1ccn2c(n1)C[N+]([O-])=C(c1ccccc1)c1cc(Cl)ccc1-2. The summed E-state index contributed by atoms with van der Waals surface area (Å²) in [4.78, 5) is 15.6. The van der Waals surface area contributed by atoms with Crippen LogP contribution in [0.2, 0.25) is 5.02 Å². The number of aromatic nitrogens is 2. The Labute approximate surface area is 142 Å². The molecular weight excluding hydrogens is 326 g/mol. The molecule has 0 spiro atoms. The predicted octanol–water partition coefficient (Wildman–Crippen LogP) is 2.75. The van der Waals surface area contributed by atoms with E-state index in [1.807, 2.05) is 36.4 Å². The molecule has 24 heavy (non-hydrogen) atoms. The van der Waals surface area contributed by atoms with E-state index in [1.54, 1.807) is 22.9 Å². The highest BCUT2D eigenvalue weighted by Crippen LogP contribution is 2.26. The second-order valence-corrected chi connectivity index (χ2v) is 5.90. The van der Waals surface area contributed by atoms with Gasteiger partial charge in [-0.1, -0.05) is 29.8 Å². The summed E-state index contributed by atoms with van der Waals surface area (Å²) in [7, 11) is 0. The highest BCUT2D eigenvalue weighted by Gasteiger charge is 2.26. The van der Waals surface area contributed by atoms with Gasteiger partial charge in [-0.25, -0.2) is 0 Å². The molecule has 0 fully saturated rings. The first kappa shape index (κ1) is 14.7. The van der Waals surface area contributed by atoms with Gasteiger partial charge in [0.1, 0.15) is 0 Å². The van der Waals surface area contributed by atoms with Crippen molar-refractivity contribution in [2.24, 2.45) is 0 Å². The number of hydroxylamine groups is 1. The number of nitrogens with zero attached hydrogens (tertiary/aromatic N) is 3. The molecule has 6 heteroatoms. The van der Waals surface area contributed by atoms with Crippen LogP contribution < -0.4 is 5.56 Å². The highest BCUT2D eigenvalue weighted by atomic mass is 35.5. The van der Waals surface area contributed by atoms with Gasteiger partial charge in [-0.3, -0.25) is 9.36 Å². The number of benzene rings is 2. The Bertz CT molecular complexity index is 1030. The topological polar surface area (TPSA) is 61.0 Å². The van der Waals surface area contributed by atoms with Crippen LogP contribution in [0, 0.1) is 5.21 Å². The van der Waals surface area contributed by atoms with Gasteiger partial charge in [0, 0.05) is 22.8 Å². The fourth-order valence-corrected chi connectivity index (χ4v) is 3.09. The summed E-state index contributed by atoms with van der Waals surface area (Å²) >= 11 is 6.17. The lowest BCUT2D eigenvalue weighted by atomic mass is 10.0. The second-order valence-electron chi connectivity index (χ2n) is 5.46. The summed E-state index contributed by atoms with van der Waals surface area (Å²) in [6, 6.07) is 16.1. The molecule has 118 valence electrons. The van der Waals surface area contributed by atoms with E-state index < -0.39 is 0 Å². The molecule has 0 saturated heterocycles. The van der Waals surface area contributed by atoms with E-state index in [0.29, 0.717) is 22.1 Å². The molecule has 0 aliphatic carbocycles. The lowest BCUT2D eigenvalue weighted by Crippen LogP contribution is -2.19. The first-order chi connectivity index (χ1) is 11.6. The molecule has 0 unspecified atom stereocenters. The van der Waals surface area contributed by atoms with Crippen molar-refractivity contribution in [2.75, 3.05) is 0 Å². The van der Waals surface area contributed by atoms with Crippen LogP contribution in [0.3, 0.4) is 0 Å². The maximum Gasteiger partial charge on any atom is 0.273 e. The van der Waals surface area contributed by atoms with Gasteiger partial charge in [-0.2, -0.15) is 9.72 Å². The molecular formula is C18H12ClN3O2. The molecule has 1 aromatic heterocycles. The van der Waals surface area contributed by atoms with Crippen LogP contribution in [0.15, 0.2) is 65.6 Å². The Kier molecular flexibility index (Phi) is 3.43. The average molecular weight is 338 g/mol. The van der Waals surface area contributed by atoms with Gasteiger partial charge < -0.3 is 5.21 Å². The third kappa shape index (κ3) is 2.39. The number of hydrogen-bond donors (Lipinski definition) is 0. The van der Waals surface area contributed by atoms with Crippen LogP contribution in [-0.4, -0.2) is 20.0 Å². The van der Waals surface area contributed by atoms with Gasteiger partial charge >= 0.3 is 0 Å². The highest BCUT2D eigenvalue weighted by molar-refractivity contribution is 6.31. The van der Waals surface area contributed by atoms with E-state index in [2.05, 4.69) is 4.98 Å². The first-order valence-electron chi connectivity index (χ1n) is 7.39. The normalized spacial score (nSPS) is 13.2. The lowest BCUT2D eigenvalue weighted by Gasteiger charge is -2.11. The summed E-state index contributed by atoms with van der Waals surface area (Å²) in [5, 5.41) is 13.4. The maximum atomic E-state index is 12.8. The number of halogens is 1. The largest absolute Gasteiger partial charge is 0.623 e. The van der Waals surface area contributed by atoms with Gasteiger partial charge in [0.15, 0.2) is 5.82 Å². The Morgan fingerprint density at radius 2 is 1.92 bits per heavy atom. The Balaban J connectivity index is 2.08. The molecule has 0 atom stereocenters. The zero-order valence-electron chi connectivity index (χ0n) is 12.5. The van der Waals surface area contributed by atoms with E-state index in [-0.39, 0.29) is 12.1 Å². The lowest BCUT2D eigenvalue weighted by molar-refractivity contribution is -0.475. The zero-order valence-corrected chi connectivity index (χ0v) is 13.3. The summed E-state index contributed by atoms with van der Waals surface area (Å²) < 4.78 is 2.61. The summed E-state index contributed by atoms with van der Waals surface area (Å²) in [5.41, 5.74) is 2.39. The zero-order chi connectivity index (χ0) is 16.7. The molecule has 0 N–H and O–H groups in total. The average Bonchev–Trinajstić information content (AvgIpc) is 2.68. The van der Waals surface area contributed by atoms with Crippen molar-refractivity contribution >= 4 is 17.3 Å². The van der Waals surface area contributed by atoms with E-state index in [4.69, 9.17) is 11.6 Å². The molecule has 3 aromatic rings. The van der Waals surface area contributed by atoms with Crippen LogP contribution >= 0.6 is 11.6 Å². The summed E-state index contributed by atoms with van der Waals surface area (Å²) in [5.74, 6) is 0.395. The van der Waals surface area contributed by atoms with Crippen LogP contribution in [0.5, 0.6) is 0 Å². The monoisotopic (exact) mass is 337 g/mol. The quantitative estimate of drug-likeness (QED) is 0.506. The number of rotatable bonds is 1. The van der Waals surface area contributed by atoms with Gasteiger partial charge in [0.25, 0.3) is 5.56 Å². The van der Waals surface area contributed by atoms with E-state index in [0.717, 1.165) is 16.0 Å². The minimum Gasteiger partial charge on any atom is -0.623 e.